The molecular weight excluding hydrogens is 218 g/mol. The lowest BCUT2D eigenvalue weighted by Crippen LogP contribution is -2.39. The normalized spacial score (nSPS) is 20.6. The molecule has 0 saturated heterocycles. The lowest BCUT2D eigenvalue weighted by Gasteiger charge is -2.23. The van der Waals surface area contributed by atoms with E-state index in [-0.39, 0.29) is 23.5 Å². The maximum absolute atomic E-state index is 11.8. The van der Waals surface area contributed by atoms with Crippen molar-refractivity contribution < 1.29 is 13.6 Å². The molecule has 0 spiro atoms. The molecule has 0 aliphatic heterocycles. The van der Waals surface area contributed by atoms with E-state index in [0.29, 0.717) is 0 Å². The number of rotatable bonds is 5. The van der Waals surface area contributed by atoms with Crippen molar-refractivity contribution in [1.82, 2.24) is 4.31 Å². The first-order valence-corrected chi connectivity index (χ1v) is 6.33. The van der Waals surface area contributed by atoms with Crippen LogP contribution in [0.15, 0.2) is 5.16 Å². The predicted octanol–water partition coefficient (Wildman–Crippen LogP) is -0.0646. The number of hydrogen-bond acceptors (Lipinski definition) is 4. The Labute approximate surface area is 89.8 Å². The highest BCUT2D eigenvalue weighted by molar-refractivity contribution is 7.90. The molecule has 1 saturated carbocycles. The molecule has 1 rings (SSSR count). The average Bonchev–Trinajstić information content (AvgIpc) is 2.99. The van der Waals surface area contributed by atoms with Crippen LogP contribution in [0.4, 0.5) is 0 Å². The molecule has 1 fully saturated rings. The van der Waals surface area contributed by atoms with Crippen molar-refractivity contribution >= 4 is 15.9 Å². The molecule has 1 unspecified atom stereocenters. The van der Waals surface area contributed by atoms with E-state index in [9.17, 15) is 8.42 Å². The van der Waals surface area contributed by atoms with Crippen molar-refractivity contribution in [2.45, 2.75) is 37.5 Å². The number of nitrogens with two attached hydrogens (primary N) is 1. The zero-order valence-corrected chi connectivity index (χ0v) is 9.74. The van der Waals surface area contributed by atoms with Gasteiger partial charge in [-0.05, 0) is 19.8 Å². The second-order valence-electron chi connectivity index (χ2n) is 3.90. The standard InChI is InChI=1S/C8H17N3O3S/c1-6(5-8(9)10-12)11(2)15(13,14)7-3-4-7/h6-7,12H,3-5H2,1-2H3,(H2,9,10). The zero-order valence-electron chi connectivity index (χ0n) is 8.92. The molecule has 0 radical (unpaired) electrons. The van der Waals surface area contributed by atoms with Crippen molar-refractivity contribution in [3.8, 4) is 0 Å². The van der Waals surface area contributed by atoms with Crippen molar-refractivity contribution in [3.05, 3.63) is 0 Å². The van der Waals surface area contributed by atoms with E-state index in [1.807, 2.05) is 0 Å². The summed E-state index contributed by atoms with van der Waals surface area (Å²) >= 11 is 0. The van der Waals surface area contributed by atoms with Gasteiger partial charge in [0.05, 0.1) is 5.25 Å². The third-order valence-corrected chi connectivity index (χ3v) is 5.08. The molecule has 0 aromatic carbocycles. The number of nitrogens with zero attached hydrogens (tertiary/aromatic N) is 2. The first kappa shape index (κ1) is 12.3. The van der Waals surface area contributed by atoms with E-state index < -0.39 is 10.0 Å². The molecule has 6 nitrogen and oxygen atoms in total. The lowest BCUT2D eigenvalue weighted by molar-refractivity contribution is 0.313. The number of oxime groups is 1. The third-order valence-electron chi connectivity index (χ3n) is 2.60. The zero-order chi connectivity index (χ0) is 11.6. The van der Waals surface area contributed by atoms with E-state index in [1.54, 1.807) is 6.92 Å². The second kappa shape index (κ2) is 4.36. The van der Waals surface area contributed by atoms with Crippen molar-refractivity contribution in [3.63, 3.8) is 0 Å². The van der Waals surface area contributed by atoms with Gasteiger partial charge in [0.2, 0.25) is 10.0 Å². The summed E-state index contributed by atoms with van der Waals surface area (Å²) in [6.07, 6.45) is 1.71. The van der Waals surface area contributed by atoms with Gasteiger partial charge in [0.25, 0.3) is 0 Å². The van der Waals surface area contributed by atoms with Gasteiger partial charge in [0.1, 0.15) is 5.84 Å². The fraction of sp³-hybridized carbons (Fsp3) is 0.875. The first-order valence-electron chi connectivity index (χ1n) is 4.82. The maximum atomic E-state index is 11.8. The van der Waals surface area contributed by atoms with Crippen LogP contribution in [0.5, 0.6) is 0 Å². The second-order valence-corrected chi connectivity index (χ2v) is 6.18. The van der Waals surface area contributed by atoms with E-state index in [0.717, 1.165) is 12.8 Å². The van der Waals surface area contributed by atoms with Gasteiger partial charge in [-0.1, -0.05) is 5.16 Å². The Kier molecular flexibility index (Phi) is 3.56. The van der Waals surface area contributed by atoms with Crippen LogP contribution in [0.3, 0.4) is 0 Å². The largest absolute Gasteiger partial charge is 0.409 e. The molecule has 0 heterocycles. The van der Waals surface area contributed by atoms with Gasteiger partial charge >= 0.3 is 0 Å². The van der Waals surface area contributed by atoms with Crippen LogP contribution >= 0.6 is 0 Å². The molecule has 3 N–H and O–H groups in total. The fourth-order valence-corrected chi connectivity index (χ4v) is 3.10. The summed E-state index contributed by atoms with van der Waals surface area (Å²) in [6, 6.07) is -0.286. The van der Waals surface area contributed by atoms with Crippen LogP contribution in [0.2, 0.25) is 0 Å². The quantitative estimate of drug-likeness (QED) is 0.302. The number of amidine groups is 1. The highest BCUT2D eigenvalue weighted by Gasteiger charge is 2.40. The molecule has 1 aliphatic rings. The Balaban J connectivity index is 2.63. The molecular formula is C8H17N3O3S. The van der Waals surface area contributed by atoms with Gasteiger partial charge < -0.3 is 10.9 Å². The van der Waals surface area contributed by atoms with Gasteiger partial charge in [0.15, 0.2) is 0 Å². The molecule has 0 aromatic rings. The molecule has 0 bridgehead atoms. The Morgan fingerprint density at radius 1 is 1.67 bits per heavy atom. The summed E-state index contributed by atoms with van der Waals surface area (Å²) in [7, 11) is -1.65. The van der Waals surface area contributed by atoms with E-state index in [2.05, 4.69) is 5.16 Å². The van der Waals surface area contributed by atoms with Gasteiger partial charge in [-0.15, -0.1) is 0 Å². The van der Waals surface area contributed by atoms with Gasteiger partial charge in [-0.2, -0.15) is 0 Å². The maximum Gasteiger partial charge on any atom is 0.216 e. The Morgan fingerprint density at radius 3 is 2.60 bits per heavy atom. The summed E-state index contributed by atoms with van der Waals surface area (Å²) in [5.41, 5.74) is 5.33. The van der Waals surface area contributed by atoms with Gasteiger partial charge in [-0.3, -0.25) is 0 Å². The molecule has 1 aliphatic carbocycles. The van der Waals surface area contributed by atoms with Gasteiger partial charge in [0, 0.05) is 19.5 Å². The number of sulfonamides is 1. The van der Waals surface area contributed by atoms with Crippen molar-refractivity contribution in [2.24, 2.45) is 10.9 Å². The van der Waals surface area contributed by atoms with Crippen molar-refractivity contribution in [1.29, 1.82) is 0 Å². The Bertz CT molecular complexity index is 348. The third kappa shape index (κ3) is 2.82. The smallest absolute Gasteiger partial charge is 0.216 e. The fourth-order valence-electron chi connectivity index (χ4n) is 1.32. The Morgan fingerprint density at radius 2 is 2.20 bits per heavy atom. The summed E-state index contributed by atoms with van der Waals surface area (Å²) < 4.78 is 24.9. The van der Waals surface area contributed by atoms with Crippen LogP contribution in [-0.2, 0) is 10.0 Å². The minimum absolute atomic E-state index is 0.0420. The average molecular weight is 235 g/mol. The summed E-state index contributed by atoms with van der Waals surface area (Å²) in [6.45, 7) is 1.73. The van der Waals surface area contributed by atoms with Crippen LogP contribution in [0, 0.1) is 0 Å². The minimum atomic E-state index is -3.18. The molecule has 88 valence electrons. The monoisotopic (exact) mass is 235 g/mol. The Hall–Kier alpha value is -0.820. The molecule has 7 heteroatoms. The predicted molar refractivity (Wildman–Crippen MR) is 57.2 cm³/mol. The van der Waals surface area contributed by atoms with E-state index in [4.69, 9.17) is 10.9 Å². The molecule has 1 atom stereocenters. The SMILES string of the molecule is CC(CC(N)=NO)N(C)S(=O)(=O)C1CC1. The van der Waals surface area contributed by atoms with E-state index in [1.165, 1.54) is 11.4 Å². The van der Waals surface area contributed by atoms with Crippen LogP contribution in [0.1, 0.15) is 26.2 Å². The molecule has 0 amide bonds. The molecule has 0 aromatic heterocycles. The summed E-state index contributed by atoms with van der Waals surface area (Å²) in [5.74, 6) is 0.0420. The highest BCUT2D eigenvalue weighted by atomic mass is 32.2. The minimum Gasteiger partial charge on any atom is -0.409 e. The van der Waals surface area contributed by atoms with Crippen molar-refractivity contribution in [2.75, 3.05) is 7.05 Å². The van der Waals surface area contributed by atoms with Crippen LogP contribution in [0.25, 0.3) is 0 Å². The number of hydrogen-bond donors (Lipinski definition) is 2. The van der Waals surface area contributed by atoms with E-state index >= 15 is 0 Å². The summed E-state index contributed by atoms with van der Waals surface area (Å²) in [4.78, 5) is 0. The lowest BCUT2D eigenvalue weighted by atomic mass is 10.2. The summed E-state index contributed by atoms with van der Waals surface area (Å²) in [5, 5.41) is 11.0. The van der Waals surface area contributed by atoms with Crippen LogP contribution in [-0.4, -0.2) is 42.1 Å². The molecule has 15 heavy (non-hydrogen) atoms. The first-order chi connectivity index (χ1) is 6.89. The topological polar surface area (TPSA) is 96.0 Å². The highest BCUT2D eigenvalue weighted by Crippen LogP contribution is 2.31. The van der Waals surface area contributed by atoms with Gasteiger partial charge in [-0.25, -0.2) is 12.7 Å². The van der Waals surface area contributed by atoms with Crippen LogP contribution < -0.4 is 5.73 Å².